The van der Waals surface area contributed by atoms with Gasteiger partial charge in [-0.15, -0.1) is 0 Å². The summed E-state index contributed by atoms with van der Waals surface area (Å²) >= 11 is 0. The van der Waals surface area contributed by atoms with E-state index in [0.29, 0.717) is 30.8 Å². The Bertz CT molecular complexity index is 567. The molecule has 0 N–H and O–H groups in total. The molecule has 0 aromatic heterocycles. The Morgan fingerprint density at radius 1 is 1.60 bits per heavy atom. The molecule has 0 spiro atoms. The van der Waals surface area contributed by atoms with Crippen molar-refractivity contribution in [2.24, 2.45) is 11.3 Å². The van der Waals surface area contributed by atoms with E-state index in [9.17, 15) is 14.4 Å². The zero-order valence-electron chi connectivity index (χ0n) is 11.5. The number of carbonyl (C=O) groups excluding carboxylic acids is 1. The molecule has 2 atom stereocenters. The predicted octanol–water partition coefficient (Wildman–Crippen LogP) is 2.47. The second-order valence-corrected chi connectivity index (χ2v) is 5.27. The Labute approximate surface area is 117 Å². The van der Waals surface area contributed by atoms with Crippen molar-refractivity contribution < 1.29 is 18.7 Å². The van der Waals surface area contributed by atoms with E-state index in [1.807, 2.05) is 13.0 Å². The molecule has 0 fully saturated rings. The molecule has 4 nitrogen and oxygen atoms in total. The van der Waals surface area contributed by atoms with Gasteiger partial charge >= 0.3 is 5.97 Å². The van der Waals surface area contributed by atoms with E-state index >= 15 is 0 Å². The van der Waals surface area contributed by atoms with Crippen LogP contribution >= 0.6 is 0 Å². The van der Waals surface area contributed by atoms with Gasteiger partial charge in [0, 0.05) is 5.41 Å². The highest BCUT2D eigenvalue weighted by Gasteiger charge is 2.42. The molecule has 0 saturated carbocycles. The summed E-state index contributed by atoms with van der Waals surface area (Å²) in [6, 6.07) is 6.32. The van der Waals surface area contributed by atoms with Gasteiger partial charge in [0.15, 0.2) is 0 Å². The van der Waals surface area contributed by atoms with E-state index in [1.54, 1.807) is 6.07 Å². The first kappa shape index (κ1) is 14.3. The maximum Gasteiger partial charge on any atom is 0.323 e. The van der Waals surface area contributed by atoms with Crippen molar-refractivity contribution in [1.82, 2.24) is 0 Å². The van der Waals surface area contributed by atoms with Crippen molar-refractivity contribution in [3.05, 3.63) is 29.6 Å². The van der Waals surface area contributed by atoms with Crippen LogP contribution in [0.2, 0.25) is 0 Å². The molecule has 2 rings (SSSR count). The summed E-state index contributed by atoms with van der Waals surface area (Å²) in [4.78, 5) is 11.8. The normalized spacial score (nSPS) is 22.7. The summed E-state index contributed by atoms with van der Waals surface area (Å²) in [6.45, 7) is 2.21. The molecule has 106 valence electrons. The Morgan fingerprint density at radius 3 is 3.00 bits per heavy atom. The number of esters is 1. The molecule has 0 bridgehead atoms. The number of nitriles is 1. The SMILES string of the molecule is COC(=O)C(C#N)C1(C)CCOc2ccc(F)cc2C1. The third-order valence-electron chi connectivity index (χ3n) is 3.81. The Kier molecular flexibility index (Phi) is 3.93. The Morgan fingerprint density at radius 2 is 2.35 bits per heavy atom. The molecule has 1 aromatic rings. The van der Waals surface area contributed by atoms with Crippen LogP contribution in [-0.4, -0.2) is 19.7 Å². The first-order valence-corrected chi connectivity index (χ1v) is 6.39. The van der Waals surface area contributed by atoms with Gasteiger partial charge in [-0.05, 0) is 36.6 Å². The Balaban J connectivity index is 2.38. The third-order valence-corrected chi connectivity index (χ3v) is 3.81. The molecule has 1 aliphatic rings. The van der Waals surface area contributed by atoms with Crippen LogP contribution in [0.25, 0.3) is 0 Å². The van der Waals surface area contributed by atoms with Crippen molar-refractivity contribution in [3.8, 4) is 11.8 Å². The van der Waals surface area contributed by atoms with Crippen LogP contribution in [0.5, 0.6) is 5.75 Å². The fourth-order valence-corrected chi connectivity index (χ4v) is 2.60. The van der Waals surface area contributed by atoms with E-state index in [2.05, 4.69) is 0 Å². The monoisotopic (exact) mass is 277 g/mol. The quantitative estimate of drug-likeness (QED) is 0.779. The summed E-state index contributed by atoms with van der Waals surface area (Å²) in [5.41, 5.74) is 0.0371. The lowest BCUT2D eigenvalue weighted by Crippen LogP contribution is -2.35. The van der Waals surface area contributed by atoms with Gasteiger partial charge in [0.1, 0.15) is 17.5 Å². The number of rotatable bonds is 2. The standard InChI is InChI=1S/C15H16FNO3/c1-15(12(9-17)14(18)19-2)5-6-20-13-4-3-11(16)7-10(13)8-15/h3-4,7,12H,5-6,8H2,1-2H3. The molecule has 0 aliphatic carbocycles. The smallest absolute Gasteiger partial charge is 0.323 e. The van der Waals surface area contributed by atoms with Gasteiger partial charge < -0.3 is 9.47 Å². The lowest BCUT2D eigenvalue weighted by Gasteiger charge is -2.30. The summed E-state index contributed by atoms with van der Waals surface area (Å²) in [7, 11) is 1.26. The number of nitrogens with zero attached hydrogens (tertiary/aromatic N) is 1. The molecule has 0 amide bonds. The summed E-state index contributed by atoms with van der Waals surface area (Å²) in [6.07, 6.45) is 0.921. The molecule has 5 heteroatoms. The van der Waals surface area contributed by atoms with E-state index in [1.165, 1.54) is 19.2 Å². The average Bonchev–Trinajstić information content (AvgIpc) is 2.57. The van der Waals surface area contributed by atoms with E-state index in [-0.39, 0.29) is 5.82 Å². The first-order chi connectivity index (χ1) is 9.50. The van der Waals surface area contributed by atoms with Gasteiger partial charge in [-0.3, -0.25) is 4.79 Å². The highest BCUT2D eigenvalue weighted by atomic mass is 19.1. The number of ether oxygens (including phenoxy) is 2. The van der Waals surface area contributed by atoms with Crippen molar-refractivity contribution in [2.75, 3.05) is 13.7 Å². The third kappa shape index (κ3) is 2.60. The van der Waals surface area contributed by atoms with E-state index in [0.717, 1.165) is 0 Å². The highest BCUT2D eigenvalue weighted by Crippen LogP contribution is 2.40. The Hall–Kier alpha value is -2.09. The first-order valence-electron chi connectivity index (χ1n) is 6.39. The van der Waals surface area contributed by atoms with Crippen LogP contribution in [0.1, 0.15) is 18.9 Å². The minimum atomic E-state index is -0.898. The second-order valence-electron chi connectivity index (χ2n) is 5.27. The van der Waals surface area contributed by atoms with E-state index in [4.69, 9.17) is 9.47 Å². The molecule has 0 saturated heterocycles. The van der Waals surface area contributed by atoms with Gasteiger partial charge in [0.05, 0.1) is 19.8 Å². The predicted molar refractivity (Wildman–Crippen MR) is 69.4 cm³/mol. The zero-order chi connectivity index (χ0) is 14.8. The molecule has 1 heterocycles. The lowest BCUT2D eigenvalue weighted by atomic mass is 9.71. The highest BCUT2D eigenvalue weighted by molar-refractivity contribution is 5.76. The van der Waals surface area contributed by atoms with Crippen LogP contribution in [0.15, 0.2) is 18.2 Å². The van der Waals surface area contributed by atoms with Gasteiger partial charge in [0.25, 0.3) is 0 Å². The summed E-state index contributed by atoms with van der Waals surface area (Å²) in [5, 5.41) is 9.27. The molecule has 1 aromatic carbocycles. The molecule has 20 heavy (non-hydrogen) atoms. The number of halogens is 1. The topological polar surface area (TPSA) is 59.3 Å². The van der Waals surface area contributed by atoms with Crippen LogP contribution in [0.3, 0.4) is 0 Å². The minimum absolute atomic E-state index is 0.358. The lowest BCUT2D eigenvalue weighted by molar-refractivity contribution is -0.147. The number of hydrogen-bond donors (Lipinski definition) is 0. The molecular formula is C15H16FNO3. The molecule has 0 radical (unpaired) electrons. The van der Waals surface area contributed by atoms with Gasteiger partial charge in [0.2, 0.25) is 0 Å². The van der Waals surface area contributed by atoms with Crippen LogP contribution in [0.4, 0.5) is 4.39 Å². The molecule has 2 unspecified atom stereocenters. The van der Waals surface area contributed by atoms with Gasteiger partial charge in [-0.2, -0.15) is 5.26 Å². The number of benzene rings is 1. The fraction of sp³-hybridized carbons (Fsp3) is 0.467. The van der Waals surface area contributed by atoms with Crippen molar-refractivity contribution in [3.63, 3.8) is 0 Å². The van der Waals surface area contributed by atoms with Crippen molar-refractivity contribution in [1.29, 1.82) is 5.26 Å². The van der Waals surface area contributed by atoms with E-state index < -0.39 is 17.3 Å². The van der Waals surface area contributed by atoms with Crippen LogP contribution < -0.4 is 4.74 Å². The minimum Gasteiger partial charge on any atom is -0.493 e. The van der Waals surface area contributed by atoms with Gasteiger partial charge in [-0.25, -0.2) is 4.39 Å². The summed E-state index contributed by atoms with van der Waals surface area (Å²) in [5.74, 6) is -1.21. The van der Waals surface area contributed by atoms with Crippen molar-refractivity contribution in [2.45, 2.75) is 19.8 Å². The van der Waals surface area contributed by atoms with Crippen molar-refractivity contribution >= 4 is 5.97 Å². The maximum atomic E-state index is 13.4. The zero-order valence-corrected chi connectivity index (χ0v) is 11.5. The number of hydrogen-bond acceptors (Lipinski definition) is 4. The number of fused-ring (bicyclic) bond motifs is 1. The van der Waals surface area contributed by atoms with Crippen LogP contribution in [0, 0.1) is 28.5 Å². The number of methoxy groups -OCH3 is 1. The summed E-state index contributed by atoms with van der Waals surface area (Å²) < 4.78 is 23.7. The largest absolute Gasteiger partial charge is 0.493 e. The molecular weight excluding hydrogens is 261 g/mol. The average molecular weight is 277 g/mol. The van der Waals surface area contributed by atoms with Crippen LogP contribution in [-0.2, 0) is 16.0 Å². The fourth-order valence-electron chi connectivity index (χ4n) is 2.60. The van der Waals surface area contributed by atoms with Gasteiger partial charge in [-0.1, -0.05) is 6.92 Å². The molecule has 1 aliphatic heterocycles. The number of carbonyl (C=O) groups is 1. The maximum absolute atomic E-state index is 13.4. The second kappa shape index (κ2) is 5.49.